The van der Waals surface area contributed by atoms with Gasteiger partial charge >= 0.3 is 7.12 Å². The van der Waals surface area contributed by atoms with E-state index in [0.717, 1.165) is 0 Å². The number of benzene rings is 1. The number of rotatable bonds is 4. The molecule has 0 aliphatic heterocycles. The highest BCUT2D eigenvalue weighted by atomic mass is 16.5. The SMILES string of the molecule is COc1cc(B(O)O)cc(OC)c1CO. The Morgan fingerprint density at radius 1 is 1.13 bits per heavy atom. The van der Waals surface area contributed by atoms with E-state index in [0.29, 0.717) is 17.1 Å². The summed E-state index contributed by atoms with van der Waals surface area (Å²) in [5.41, 5.74) is 0.727. The molecule has 0 saturated carbocycles. The van der Waals surface area contributed by atoms with Crippen molar-refractivity contribution in [3.63, 3.8) is 0 Å². The predicted molar refractivity (Wildman–Crippen MR) is 55.3 cm³/mol. The van der Waals surface area contributed by atoms with Gasteiger partial charge in [-0.05, 0) is 17.6 Å². The average Bonchev–Trinajstić information content (AvgIpc) is 2.26. The molecule has 1 aromatic carbocycles. The first-order chi connectivity index (χ1) is 7.13. The second-order valence-electron chi connectivity index (χ2n) is 2.94. The van der Waals surface area contributed by atoms with Crippen LogP contribution in [0, 0.1) is 0 Å². The van der Waals surface area contributed by atoms with Gasteiger partial charge in [-0.1, -0.05) is 0 Å². The Hall–Kier alpha value is -1.24. The van der Waals surface area contributed by atoms with Crippen LogP contribution >= 0.6 is 0 Å². The van der Waals surface area contributed by atoms with Crippen LogP contribution in [0.2, 0.25) is 0 Å². The van der Waals surface area contributed by atoms with Crippen LogP contribution < -0.4 is 14.9 Å². The Morgan fingerprint density at radius 3 is 1.87 bits per heavy atom. The van der Waals surface area contributed by atoms with Gasteiger partial charge in [-0.25, -0.2) is 0 Å². The molecule has 0 aliphatic carbocycles. The highest BCUT2D eigenvalue weighted by Gasteiger charge is 2.18. The predicted octanol–water partition coefficient (Wildman–Crippen LogP) is -1.12. The van der Waals surface area contributed by atoms with E-state index in [1.807, 2.05) is 0 Å². The third-order valence-corrected chi connectivity index (χ3v) is 2.09. The molecule has 5 nitrogen and oxygen atoms in total. The second kappa shape index (κ2) is 5.02. The van der Waals surface area contributed by atoms with Gasteiger partial charge in [0.25, 0.3) is 0 Å². The fourth-order valence-corrected chi connectivity index (χ4v) is 1.31. The first kappa shape index (κ1) is 11.8. The summed E-state index contributed by atoms with van der Waals surface area (Å²) in [6, 6.07) is 2.89. The van der Waals surface area contributed by atoms with Crippen LogP contribution in [0.3, 0.4) is 0 Å². The van der Waals surface area contributed by atoms with Gasteiger partial charge in [-0.2, -0.15) is 0 Å². The molecule has 3 N–H and O–H groups in total. The molecule has 0 radical (unpaired) electrons. The summed E-state index contributed by atoms with van der Waals surface area (Å²) in [6.07, 6.45) is 0. The summed E-state index contributed by atoms with van der Waals surface area (Å²) in [5, 5.41) is 27.1. The fourth-order valence-electron chi connectivity index (χ4n) is 1.31. The molecular formula is C9H13BO5. The van der Waals surface area contributed by atoms with Gasteiger partial charge in [0, 0.05) is 0 Å². The van der Waals surface area contributed by atoms with Crippen molar-refractivity contribution < 1.29 is 24.6 Å². The van der Waals surface area contributed by atoms with Crippen LogP contribution in [-0.2, 0) is 6.61 Å². The zero-order chi connectivity index (χ0) is 11.4. The van der Waals surface area contributed by atoms with E-state index < -0.39 is 7.12 Å². The van der Waals surface area contributed by atoms with Gasteiger partial charge in [0.1, 0.15) is 11.5 Å². The van der Waals surface area contributed by atoms with E-state index in [4.69, 9.17) is 24.6 Å². The van der Waals surface area contributed by atoms with Gasteiger partial charge in [0.15, 0.2) is 0 Å². The number of hydrogen-bond donors (Lipinski definition) is 3. The van der Waals surface area contributed by atoms with Crippen LogP contribution in [0.1, 0.15) is 5.56 Å². The van der Waals surface area contributed by atoms with Crippen LogP contribution in [0.4, 0.5) is 0 Å². The first-order valence-corrected chi connectivity index (χ1v) is 4.35. The Morgan fingerprint density at radius 2 is 1.60 bits per heavy atom. The quantitative estimate of drug-likeness (QED) is 0.550. The van der Waals surface area contributed by atoms with Crippen molar-refractivity contribution in [2.45, 2.75) is 6.61 Å². The largest absolute Gasteiger partial charge is 0.496 e. The van der Waals surface area contributed by atoms with Crippen molar-refractivity contribution in [1.29, 1.82) is 0 Å². The van der Waals surface area contributed by atoms with E-state index in [1.54, 1.807) is 0 Å². The molecule has 82 valence electrons. The number of hydrogen-bond acceptors (Lipinski definition) is 5. The van der Waals surface area contributed by atoms with Crippen molar-refractivity contribution in [3.8, 4) is 11.5 Å². The van der Waals surface area contributed by atoms with Crippen LogP contribution in [-0.4, -0.2) is 36.5 Å². The number of ether oxygens (including phenoxy) is 2. The molecule has 0 fully saturated rings. The number of aliphatic hydroxyl groups excluding tert-OH is 1. The van der Waals surface area contributed by atoms with Crippen molar-refractivity contribution in [1.82, 2.24) is 0 Å². The summed E-state index contributed by atoms with van der Waals surface area (Å²) in [4.78, 5) is 0. The lowest BCUT2D eigenvalue weighted by molar-refractivity contribution is 0.265. The molecule has 0 aliphatic rings. The molecule has 0 amide bonds. The minimum absolute atomic E-state index is 0.242. The lowest BCUT2D eigenvalue weighted by Crippen LogP contribution is -2.30. The molecule has 1 rings (SSSR count). The first-order valence-electron chi connectivity index (χ1n) is 4.35. The maximum Gasteiger partial charge on any atom is 0.488 e. The fraction of sp³-hybridized carbons (Fsp3) is 0.333. The third kappa shape index (κ3) is 2.41. The van der Waals surface area contributed by atoms with Crippen molar-refractivity contribution in [2.24, 2.45) is 0 Å². The lowest BCUT2D eigenvalue weighted by atomic mass is 9.79. The minimum Gasteiger partial charge on any atom is -0.496 e. The molecule has 0 atom stereocenters. The lowest BCUT2D eigenvalue weighted by Gasteiger charge is -2.13. The molecule has 6 heteroatoms. The maximum absolute atomic E-state index is 9.11. The third-order valence-electron chi connectivity index (χ3n) is 2.09. The Balaban J connectivity index is 3.29. The molecule has 0 aromatic heterocycles. The minimum atomic E-state index is -1.60. The Kier molecular flexibility index (Phi) is 3.96. The van der Waals surface area contributed by atoms with Gasteiger partial charge in [0.2, 0.25) is 0 Å². The molecule has 0 saturated heterocycles. The Bertz CT molecular complexity index is 314. The monoisotopic (exact) mass is 212 g/mol. The van der Waals surface area contributed by atoms with E-state index >= 15 is 0 Å². The summed E-state index contributed by atoms with van der Waals surface area (Å²) in [6.45, 7) is -0.242. The molecular weight excluding hydrogens is 199 g/mol. The van der Waals surface area contributed by atoms with Crippen LogP contribution in [0.25, 0.3) is 0 Å². The number of methoxy groups -OCH3 is 2. The van der Waals surface area contributed by atoms with E-state index in [9.17, 15) is 0 Å². The maximum atomic E-state index is 9.11. The van der Waals surface area contributed by atoms with Gasteiger partial charge in [0.05, 0.1) is 26.4 Å². The normalized spacial score (nSPS) is 9.93. The summed E-state index contributed by atoms with van der Waals surface area (Å²) in [5.74, 6) is 0.722. The summed E-state index contributed by atoms with van der Waals surface area (Å²) >= 11 is 0. The van der Waals surface area contributed by atoms with Crippen molar-refractivity contribution >= 4 is 12.6 Å². The van der Waals surface area contributed by atoms with Crippen molar-refractivity contribution in [3.05, 3.63) is 17.7 Å². The zero-order valence-corrected chi connectivity index (χ0v) is 8.60. The van der Waals surface area contributed by atoms with E-state index in [2.05, 4.69) is 0 Å². The van der Waals surface area contributed by atoms with Gasteiger partial charge < -0.3 is 24.6 Å². The molecule has 0 bridgehead atoms. The van der Waals surface area contributed by atoms with E-state index in [1.165, 1.54) is 26.4 Å². The number of aliphatic hydroxyl groups is 1. The highest BCUT2D eigenvalue weighted by Crippen LogP contribution is 2.27. The highest BCUT2D eigenvalue weighted by molar-refractivity contribution is 6.58. The molecule has 15 heavy (non-hydrogen) atoms. The van der Waals surface area contributed by atoms with Gasteiger partial charge in [-0.15, -0.1) is 0 Å². The molecule has 0 heterocycles. The van der Waals surface area contributed by atoms with Crippen LogP contribution in [0.5, 0.6) is 11.5 Å². The standard InChI is InChI=1S/C9H13BO5/c1-14-8-3-6(10(12)13)4-9(15-2)7(8)5-11/h3-4,11-13H,5H2,1-2H3. The van der Waals surface area contributed by atoms with Gasteiger partial charge in [-0.3, -0.25) is 0 Å². The second-order valence-corrected chi connectivity index (χ2v) is 2.94. The topological polar surface area (TPSA) is 79.2 Å². The smallest absolute Gasteiger partial charge is 0.488 e. The average molecular weight is 212 g/mol. The Labute approximate surface area is 88.0 Å². The molecule has 0 spiro atoms. The zero-order valence-electron chi connectivity index (χ0n) is 8.60. The summed E-state index contributed by atoms with van der Waals surface area (Å²) in [7, 11) is 1.27. The summed E-state index contributed by atoms with van der Waals surface area (Å²) < 4.78 is 10.0. The molecule has 0 unspecified atom stereocenters. The van der Waals surface area contributed by atoms with Crippen molar-refractivity contribution in [2.75, 3.05) is 14.2 Å². The molecule has 1 aromatic rings. The van der Waals surface area contributed by atoms with E-state index in [-0.39, 0.29) is 12.1 Å². The van der Waals surface area contributed by atoms with Crippen LogP contribution in [0.15, 0.2) is 12.1 Å².